The van der Waals surface area contributed by atoms with Crippen LogP contribution in [0.4, 0.5) is 0 Å². The van der Waals surface area contributed by atoms with Gasteiger partial charge in [0.05, 0.1) is 18.1 Å². The molecule has 0 radical (unpaired) electrons. The monoisotopic (exact) mass is 259 g/mol. The summed E-state index contributed by atoms with van der Waals surface area (Å²) in [6.45, 7) is 2.91. The molecule has 1 rings (SSSR count). The molecule has 96 valence electrons. The number of benzene rings is 1. The van der Waals surface area contributed by atoms with Gasteiger partial charge in [-0.1, -0.05) is 0 Å². The van der Waals surface area contributed by atoms with E-state index in [0.29, 0.717) is 25.3 Å². The van der Waals surface area contributed by atoms with E-state index in [2.05, 4.69) is 0 Å². The van der Waals surface area contributed by atoms with Crippen molar-refractivity contribution >= 4 is 10.1 Å². The van der Waals surface area contributed by atoms with Crippen molar-refractivity contribution in [3.63, 3.8) is 0 Å². The summed E-state index contributed by atoms with van der Waals surface area (Å²) < 4.78 is 33.4. The van der Waals surface area contributed by atoms with Gasteiger partial charge in [0.1, 0.15) is 5.75 Å². The van der Waals surface area contributed by atoms with Crippen molar-refractivity contribution in [2.45, 2.75) is 18.2 Å². The minimum Gasteiger partial charge on any atom is -0.494 e. The minimum atomic E-state index is -3.68. The Hall–Kier alpha value is -1.11. The fourth-order valence-corrected chi connectivity index (χ4v) is 2.13. The molecule has 0 aromatic heterocycles. The lowest BCUT2D eigenvalue weighted by Crippen LogP contribution is -2.10. The van der Waals surface area contributed by atoms with Crippen LogP contribution in [0.2, 0.25) is 0 Å². The van der Waals surface area contributed by atoms with Crippen molar-refractivity contribution in [2.75, 3.05) is 19.8 Å². The molecule has 0 fully saturated rings. The van der Waals surface area contributed by atoms with E-state index in [1.165, 1.54) is 12.1 Å². The maximum absolute atomic E-state index is 11.7. The van der Waals surface area contributed by atoms with E-state index in [1.807, 2.05) is 6.92 Å². The van der Waals surface area contributed by atoms with Gasteiger partial charge in [-0.25, -0.2) is 0 Å². The molecule has 0 unspecified atom stereocenters. The summed E-state index contributed by atoms with van der Waals surface area (Å²) in [5.41, 5.74) is 5.26. The van der Waals surface area contributed by atoms with Crippen LogP contribution in [-0.2, 0) is 14.3 Å². The zero-order valence-corrected chi connectivity index (χ0v) is 10.6. The molecule has 0 bridgehead atoms. The van der Waals surface area contributed by atoms with Crippen LogP contribution in [0, 0.1) is 0 Å². The third kappa shape index (κ3) is 4.33. The molecule has 6 heteroatoms. The highest BCUT2D eigenvalue weighted by Crippen LogP contribution is 2.17. The van der Waals surface area contributed by atoms with Crippen LogP contribution in [0.5, 0.6) is 5.75 Å². The first-order chi connectivity index (χ1) is 8.10. The lowest BCUT2D eigenvalue weighted by Gasteiger charge is -2.06. The summed E-state index contributed by atoms with van der Waals surface area (Å²) in [7, 11) is -3.68. The van der Waals surface area contributed by atoms with Crippen molar-refractivity contribution in [3.8, 4) is 5.75 Å². The van der Waals surface area contributed by atoms with Gasteiger partial charge < -0.3 is 10.5 Å². The van der Waals surface area contributed by atoms with Gasteiger partial charge in [0, 0.05) is 0 Å². The maximum Gasteiger partial charge on any atom is 0.296 e. The topological polar surface area (TPSA) is 78.6 Å². The SMILES string of the molecule is CCOc1ccc(S(=O)(=O)OCCCN)cc1. The number of rotatable bonds is 7. The van der Waals surface area contributed by atoms with E-state index < -0.39 is 10.1 Å². The second kappa shape index (κ2) is 6.58. The fourth-order valence-electron chi connectivity index (χ4n) is 1.19. The summed E-state index contributed by atoms with van der Waals surface area (Å²) in [5, 5.41) is 0. The molecule has 1 aromatic rings. The molecule has 5 nitrogen and oxygen atoms in total. The number of nitrogens with two attached hydrogens (primary N) is 1. The number of ether oxygens (including phenoxy) is 1. The van der Waals surface area contributed by atoms with Gasteiger partial charge >= 0.3 is 0 Å². The van der Waals surface area contributed by atoms with E-state index in [9.17, 15) is 8.42 Å². The third-order valence-corrected chi connectivity index (χ3v) is 3.34. The van der Waals surface area contributed by atoms with Crippen LogP contribution in [0.25, 0.3) is 0 Å². The van der Waals surface area contributed by atoms with E-state index in [4.69, 9.17) is 14.7 Å². The van der Waals surface area contributed by atoms with Crippen LogP contribution in [-0.4, -0.2) is 28.2 Å². The molecule has 0 amide bonds. The van der Waals surface area contributed by atoms with Gasteiger partial charge in [-0.05, 0) is 44.2 Å². The van der Waals surface area contributed by atoms with Gasteiger partial charge in [-0.2, -0.15) is 8.42 Å². The van der Waals surface area contributed by atoms with Crippen molar-refractivity contribution < 1.29 is 17.3 Å². The Morgan fingerprint density at radius 1 is 1.24 bits per heavy atom. The number of hydrogen-bond donors (Lipinski definition) is 1. The highest BCUT2D eigenvalue weighted by Gasteiger charge is 2.14. The Morgan fingerprint density at radius 3 is 2.41 bits per heavy atom. The number of hydrogen-bond acceptors (Lipinski definition) is 5. The average Bonchev–Trinajstić information content (AvgIpc) is 2.30. The van der Waals surface area contributed by atoms with E-state index in [-0.39, 0.29) is 11.5 Å². The lowest BCUT2D eigenvalue weighted by molar-refractivity contribution is 0.314. The Kier molecular flexibility index (Phi) is 5.40. The molecule has 0 saturated heterocycles. The Labute approximate surface area is 102 Å². The van der Waals surface area contributed by atoms with E-state index in [1.54, 1.807) is 12.1 Å². The largest absolute Gasteiger partial charge is 0.494 e. The Bertz CT molecular complexity index is 427. The minimum absolute atomic E-state index is 0.103. The average molecular weight is 259 g/mol. The first kappa shape index (κ1) is 14.0. The highest BCUT2D eigenvalue weighted by atomic mass is 32.2. The molecule has 0 aliphatic carbocycles. The molecule has 2 N–H and O–H groups in total. The summed E-state index contributed by atoms with van der Waals surface area (Å²) in [6, 6.07) is 6.12. The molecule has 0 saturated carbocycles. The molecular formula is C11H17NO4S. The van der Waals surface area contributed by atoms with Crippen molar-refractivity contribution in [1.82, 2.24) is 0 Å². The van der Waals surface area contributed by atoms with Crippen LogP contribution < -0.4 is 10.5 Å². The molecule has 1 aromatic carbocycles. The molecule has 0 heterocycles. The summed E-state index contributed by atoms with van der Waals surface area (Å²) in [6.07, 6.45) is 0.510. The molecule has 0 aliphatic heterocycles. The maximum atomic E-state index is 11.7. The normalized spacial score (nSPS) is 11.4. The van der Waals surface area contributed by atoms with Crippen LogP contribution in [0.15, 0.2) is 29.2 Å². The Balaban J connectivity index is 2.71. The summed E-state index contributed by atoms with van der Waals surface area (Å²) in [4.78, 5) is 0.123. The predicted octanol–water partition coefficient (Wildman–Crippen LogP) is 1.14. The zero-order chi connectivity index (χ0) is 12.7. The third-order valence-electron chi connectivity index (χ3n) is 2.01. The first-order valence-electron chi connectivity index (χ1n) is 5.42. The zero-order valence-electron chi connectivity index (χ0n) is 9.76. The van der Waals surface area contributed by atoms with Gasteiger partial charge in [0.2, 0.25) is 0 Å². The highest BCUT2D eigenvalue weighted by molar-refractivity contribution is 7.86. The van der Waals surface area contributed by atoms with Crippen molar-refractivity contribution in [1.29, 1.82) is 0 Å². The molecular weight excluding hydrogens is 242 g/mol. The summed E-state index contributed by atoms with van der Waals surface area (Å²) in [5.74, 6) is 0.633. The van der Waals surface area contributed by atoms with Crippen LogP contribution in [0.1, 0.15) is 13.3 Å². The standard InChI is InChI=1S/C11H17NO4S/c1-2-15-10-4-6-11(7-5-10)17(13,14)16-9-3-8-12/h4-7H,2-3,8-9,12H2,1H3. The second-order valence-electron chi connectivity index (χ2n) is 3.32. The van der Waals surface area contributed by atoms with Gasteiger partial charge in [-0.3, -0.25) is 4.18 Å². The first-order valence-corrected chi connectivity index (χ1v) is 6.83. The predicted molar refractivity (Wildman–Crippen MR) is 64.4 cm³/mol. The summed E-state index contributed by atoms with van der Waals surface area (Å²) >= 11 is 0. The van der Waals surface area contributed by atoms with Crippen molar-refractivity contribution in [2.24, 2.45) is 5.73 Å². The Morgan fingerprint density at radius 2 is 1.88 bits per heavy atom. The molecule has 0 spiro atoms. The van der Waals surface area contributed by atoms with Crippen LogP contribution in [0.3, 0.4) is 0 Å². The van der Waals surface area contributed by atoms with Crippen LogP contribution >= 0.6 is 0 Å². The quantitative estimate of drug-likeness (QED) is 0.587. The van der Waals surface area contributed by atoms with Crippen molar-refractivity contribution in [3.05, 3.63) is 24.3 Å². The van der Waals surface area contributed by atoms with Gasteiger partial charge in [-0.15, -0.1) is 0 Å². The van der Waals surface area contributed by atoms with E-state index >= 15 is 0 Å². The molecule has 0 atom stereocenters. The lowest BCUT2D eigenvalue weighted by atomic mass is 10.3. The second-order valence-corrected chi connectivity index (χ2v) is 4.94. The molecule has 17 heavy (non-hydrogen) atoms. The van der Waals surface area contributed by atoms with Gasteiger partial charge in [0.25, 0.3) is 10.1 Å². The van der Waals surface area contributed by atoms with E-state index in [0.717, 1.165) is 0 Å². The molecule has 0 aliphatic rings. The smallest absolute Gasteiger partial charge is 0.296 e. The van der Waals surface area contributed by atoms with Gasteiger partial charge in [0.15, 0.2) is 0 Å². The fraction of sp³-hybridized carbons (Fsp3) is 0.455.